The second-order valence-electron chi connectivity index (χ2n) is 3.87. The molecule has 0 N–H and O–H groups in total. The van der Waals surface area contributed by atoms with Gasteiger partial charge < -0.3 is 0 Å². The molecule has 0 aromatic carbocycles. The molecule has 2 aromatic rings. The summed E-state index contributed by atoms with van der Waals surface area (Å²) >= 11 is 0. The van der Waals surface area contributed by atoms with Crippen LogP contribution in [0.3, 0.4) is 0 Å². The summed E-state index contributed by atoms with van der Waals surface area (Å²) in [4.78, 5) is 38.7. The van der Waals surface area contributed by atoms with Gasteiger partial charge in [0.1, 0.15) is 0 Å². The van der Waals surface area contributed by atoms with Crippen LogP contribution in [0.5, 0.6) is 0 Å². The molecule has 5 heteroatoms. The van der Waals surface area contributed by atoms with E-state index < -0.39 is 5.78 Å². The first kappa shape index (κ1) is 16.8. The lowest BCUT2D eigenvalue weighted by molar-refractivity contribution is -0.116. The molecule has 1 aliphatic rings. The first-order chi connectivity index (χ1) is 10.7. The van der Waals surface area contributed by atoms with E-state index in [0.717, 1.165) is 18.2 Å². The van der Waals surface area contributed by atoms with Crippen LogP contribution in [-0.4, -0.2) is 27.8 Å². The molecule has 5 nitrogen and oxygen atoms in total. The zero-order valence-corrected chi connectivity index (χ0v) is 11.7. The van der Waals surface area contributed by atoms with E-state index in [1.165, 1.54) is 0 Å². The summed E-state index contributed by atoms with van der Waals surface area (Å²) in [5, 5.41) is 0. The fraction of sp³-hybridized carbons (Fsp3) is 0. The molecule has 3 rings (SSSR count). The van der Waals surface area contributed by atoms with E-state index in [9.17, 15) is 14.4 Å². The maximum absolute atomic E-state index is 10.6. The number of rotatable bonds is 1. The van der Waals surface area contributed by atoms with Gasteiger partial charge in [-0.2, -0.15) is 0 Å². The van der Waals surface area contributed by atoms with Crippen LogP contribution in [0.2, 0.25) is 0 Å². The summed E-state index contributed by atoms with van der Waals surface area (Å²) in [6.07, 6.45) is 10.6. The Morgan fingerprint density at radius 2 is 1.23 bits per heavy atom. The number of carbonyl (C=O) groups is 3. The molecule has 0 bridgehead atoms. The first-order valence-corrected chi connectivity index (χ1v) is 6.37. The van der Waals surface area contributed by atoms with Crippen molar-refractivity contribution in [1.29, 1.82) is 0 Å². The highest BCUT2D eigenvalue weighted by molar-refractivity contribution is 6.25. The summed E-state index contributed by atoms with van der Waals surface area (Å²) in [6.45, 7) is 0. The second-order valence-corrected chi connectivity index (χ2v) is 3.87. The van der Waals surface area contributed by atoms with Crippen LogP contribution in [0.25, 0.3) is 0 Å². The van der Waals surface area contributed by atoms with Crippen molar-refractivity contribution in [3.05, 3.63) is 85.0 Å². The van der Waals surface area contributed by atoms with Gasteiger partial charge in [-0.1, -0.05) is 12.1 Å². The minimum Gasteiger partial charge on any atom is -0.298 e. The van der Waals surface area contributed by atoms with Crippen LogP contribution < -0.4 is 0 Å². The summed E-state index contributed by atoms with van der Waals surface area (Å²) in [5.41, 5.74) is -0.0764. The Bertz CT molecular complexity index is 565. The highest BCUT2D eigenvalue weighted by Gasteiger charge is 2.10. The number of allylic oxidation sites excluding steroid dienone is 4. The molecular weight excluding hydrogens is 280 g/mol. The van der Waals surface area contributed by atoms with Crippen molar-refractivity contribution in [2.75, 3.05) is 0 Å². The highest BCUT2D eigenvalue weighted by atomic mass is 16.1. The average molecular weight is 294 g/mol. The predicted molar refractivity (Wildman–Crippen MR) is 81.8 cm³/mol. The molecule has 0 radical (unpaired) electrons. The van der Waals surface area contributed by atoms with Gasteiger partial charge in [0.15, 0.2) is 17.9 Å². The van der Waals surface area contributed by atoms with Crippen LogP contribution in [0.15, 0.2) is 85.0 Å². The second kappa shape index (κ2) is 10.6. The summed E-state index contributed by atoms with van der Waals surface area (Å²) in [7, 11) is 0. The summed E-state index contributed by atoms with van der Waals surface area (Å²) < 4.78 is 0. The van der Waals surface area contributed by atoms with Gasteiger partial charge in [0.25, 0.3) is 0 Å². The van der Waals surface area contributed by atoms with Crippen molar-refractivity contribution in [3.8, 4) is 0 Å². The monoisotopic (exact) mass is 294 g/mol. The molecule has 0 atom stereocenters. The predicted octanol–water partition coefficient (Wildman–Crippen LogP) is 1.98. The molecule has 2 aromatic heterocycles. The fourth-order valence-electron chi connectivity index (χ4n) is 1.24. The Labute approximate surface area is 128 Å². The summed E-state index contributed by atoms with van der Waals surface area (Å²) in [5.74, 6) is -0.726. The number of pyridine rings is 2. The van der Waals surface area contributed by atoms with Gasteiger partial charge in [-0.25, -0.2) is 0 Å². The van der Waals surface area contributed by atoms with Crippen LogP contribution in [0.1, 0.15) is 0 Å². The minimum absolute atomic E-state index is 0.0764. The van der Waals surface area contributed by atoms with Crippen molar-refractivity contribution in [2.45, 2.75) is 0 Å². The number of carbonyl (C=O) groups excluding carboxylic acids is 3. The van der Waals surface area contributed by atoms with Crippen LogP contribution in [-0.2, 0) is 14.4 Å². The first-order valence-electron chi connectivity index (χ1n) is 6.37. The van der Waals surface area contributed by atoms with Crippen molar-refractivity contribution in [2.24, 2.45) is 0 Å². The van der Waals surface area contributed by atoms with E-state index in [0.29, 0.717) is 6.29 Å². The topological polar surface area (TPSA) is 77.0 Å². The van der Waals surface area contributed by atoms with Gasteiger partial charge in [-0.3, -0.25) is 24.4 Å². The number of aldehydes is 1. The standard InChI is InChI=1S/C7H4O3.2C5H5N/c8-4-5-3-6(9)1-2-7(5)10;2*1-2-4-6-5-3-1/h1-4H;2*1-5H. The lowest BCUT2D eigenvalue weighted by Crippen LogP contribution is -2.07. The van der Waals surface area contributed by atoms with E-state index in [-0.39, 0.29) is 11.4 Å². The van der Waals surface area contributed by atoms with E-state index >= 15 is 0 Å². The molecule has 0 amide bonds. The molecular formula is C17H14N2O3. The fourth-order valence-corrected chi connectivity index (χ4v) is 1.24. The smallest absolute Gasteiger partial charge is 0.189 e. The van der Waals surface area contributed by atoms with E-state index in [4.69, 9.17) is 0 Å². The van der Waals surface area contributed by atoms with Crippen molar-refractivity contribution >= 4 is 17.9 Å². The molecule has 22 heavy (non-hydrogen) atoms. The molecule has 0 spiro atoms. The molecule has 1 aliphatic carbocycles. The lowest BCUT2D eigenvalue weighted by Gasteiger charge is -1.95. The third kappa shape index (κ3) is 7.40. The average Bonchev–Trinajstić information content (AvgIpc) is 2.61. The maximum atomic E-state index is 10.6. The molecule has 0 unspecified atom stereocenters. The number of aromatic nitrogens is 2. The third-order valence-corrected chi connectivity index (χ3v) is 2.24. The molecule has 110 valence electrons. The van der Waals surface area contributed by atoms with Crippen LogP contribution in [0, 0.1) is 0 Å². The van der Waals surface area contributed by atoms with Gasteiger partial charge in [0.05, 0.1) is 5.57 Å². The Hall–Kier alpha value is -3.21. The number of ketones is 2. The minimum atomic E-state index is -0.408. The molecule has 0 saturated heterocycles. The van der Waals surface area contributed by atoms with Gasteiger partial charge in [-0.15, -0.1) is 0 Å². The van der Waals surface area contributed by atoms with Crippen LogP contribution in [0.4, 0.5) is 0 Å². The SMILES string of the molecule is O=CC1=CC(=O)C=CC1=O.c1ccncc1.c1ccncc1. The van der Waals surface area contributed by atoms with Crippen molar-refractivity contribution in [1.82, 2.24) is 9.97 Å². The van der Waals surface area contributed by atoms with E-state index in [1.807, 2.05) is 36.4 Å². The molecule has 0 aliphatic heterocycles. The Morgan fingerprint density at radius 1 is 0.727 bits per heavy atom. The van der Waals surface area contributed by atoms with Gasteiger partial charge in [-0.05, 0) is 42.5 Å². The molecule has 2 heterocycles. The van der Waals surface area contributed by atoms with E-state index in [2.05, 4.69) is 9.97 Å². The van der Waals surface area contributed by atoms with Gasteiger partial charge >= 0.3 is 0 Å². The Kier molecular flexibility index (Phi) is 8.09. The van der Waals surface area contributed by atoms with Crippen LogP contribution >= 0.6 is 0 Å². The molecule has 0 saturated carbocycles. The third-order valence-electron chi connectivity index (χ3n) is 2.24. The van der Waals surface area contributed by atoms with E-state index in [1.54, 1.807) is 24.8 Å². The lowest BCUT2D eigenvalue weighted by atomic mass is 10.1. The normalized spacial score (nSPS) is 12.1. The zero-order valence-electron chi connectivity index (χ0n) is 11.7. The zero-order chi connectivity index (χ0) is 16.0. The van der Waals surface area contributed by atoms with Crippen molar-refractivity contribution < 1.29 is 14.4 Å². The quantitative estimate of drug-likeness (QED) is 0.456. The summed E-state index contributed by atoms with van der Waals surface area (Å²) in [6, 6.07) is 11.4. The highest BCUT2D eigenvalue weighted by Crippen LogP contribution is 2.00. The molecule has 0 fully saturated rings. The maximum Gasteiger partial charge on any atom is 0.189 e. The largest absolute Gasteiger partial charge is 0.298 e. The van der Waals surface area contributed by atoms with Gasteiger partial charge in [0.2, 0.25) is 0 Å². The number of nitrogens with zero attached hydrogens (tertiary/aromatic N) is 2. The van der Waals surface area contributed by atoms with Gasteiger partial charge in [0, 0.05) is 24.8 Å². The number of hydrogen-bond donors (Lipinski definition) is 0. The Morgan fingerprint density at radius 3 is 1.50 bits per heavy atom. The Balaban J connectivity index is 0.000000174. The van der Waals surface area contributed by atoms with Crippen molar-refractivity contribution in [3.63, 3.8) is 0 Å². The number of hydrogen-bond acceptors (Lipinski definition) is 5.